The number of aliphatic hydroxyl groups is 1. The largest absolute Gasteiger partial charge is 0.493 e. The van der Waals surface area contributed by atoms with E-state index in [1.807, 2.05) is 6.07 Å². The molecule has 0 unspecified atom stereocenters. The molecule has 124 valence electrons. The summed E-state index contributed by atoms with van der Waals surface area (Å²) in [6, 6.07) is 4.05. The fourth-order valence-corrected chi connectivity index (χ4v) is 5.69. The summed E-state index contributed by atoms with van der Waals surface area (Å²) >= 11 is 0. The zero-order chi connectivity index (χ0) is 16.0. The van der Waals surface area contributed by atoms with Crippen LogP contribution in [0.4, 0.5) is 0 Å². The SMILES string of the molecule is COc1ccc2c3c1O[C@H]1C(=O)CC[C@@]4(O)[C@@H](C2)N(C)CC[C@]314.[Zn]. The molecule has 2 heterocycles. The van der Waals surface area contributed by atoms with Gasteiger partial charge in [-0.15, -0.1) is 0 Å². The molecule has 4 aliphatic rings. The number of Topliss-reactive ketones (excluding diaryl/α,β-unsaturated/α-hetero) is 1. The fourth-order valence-electron chi connectivity index (χ4n) is 5.69. The summed E-state index contributed by atoms with van der Waals surface area (Å²) in [5, 5.41) is 11.7. The van der Waals surface area contributed by atoms with E-state index in [-0.39, 0.29) is 31.3 Å². The number of methoxy groups -OCH3 is 1. The van der Waals surface area contributed by atoms with Crippen LogP contribution in [-0.2, 0) is 36.1 Å². The summed E-state index contributed by atoms with van der Waals surface area (Å²) < 4.78 is 11.6. The van der Waals surface area contributed by atoms with Crippen LogP contribution in [0.1, 0.15) is 30.4 Å². The quantitative estimate of drug-likeness (QED) is 0.738. The summed E-state index contributed by atoms with van der Waals surface area (Å²) in [5.41, 5.74) is 0.737. The Balaban J connectivity index is 0.00000146. The van der Waals surface area contributed by atoms with Gasteiger partial charge in [-0.2, -0.15) is 0 Å². The minimum atomic E-state index is -0.900. The van der Waals surface area contributed by atoms with Gasteiger partial charge in [0.1, 0.15) is 0 Å². The summed E-state index contributed by atoms with van der Waals surface area (Å²) in [6.45, 7) is 0.871. The first-order chi connectivity index (χ1) is 11.0. The maximum absolute atomic E-state index is 12.7. The van der Waals surface area contributed by atoms with Crippen LogP contribution in [0, 0.1) is 0 Å². The Labute approximate surface area is 154 Å². The maximum atomic E-state index is 12.7. The first-order valence-corrected chi connectivity index (χ1v) is 8.35. The number of hydrogen-bond acceptors (Lipinski definition) is 5. The molecule has 1 saturated heterocycles. The van der Waals surface area contributed by atoms with Gasteiger partial charge in [0.15, 0.2) is 23.4 Å². The summed E-state index contributed by atoms with van der Waals surface area (Å²) in [5.74, 6) is 1.47. The molecule has 1 aromatic rings. The first kappa shape index (κ1) is 16.5. The van der Waals surface area contributed by atoms with Crippen LogP contribution in [0.25, 0.3) is 0 Å². The monoisotopic (exact) mass is 379 g/mol. The van der Waals surface area contributed by atoms with Gasteiger partial charge >= 0.3 is 0 Å². The van der Waals surface area contributed by atoms with Crippen LogP contribution < -0.4 is 9.47 Å². The number of benzene rings is 1. The molecule has 1 saturated carbocycles. The van der Waals surface area contributed by atoms with E-state index in [2.05, 4.69) is 18.0 Å². The molecule has 0 amide bonds. The number of ketones is 1. The van der Waals surface area contributed by atoms with Gasteiger partial charge in [-0.05, 0) is 44.5 Å². The summed E-state index contributed by atoms with van der Waals surface area (Å²) in [4.78, 5) is 14.9. The average molecular weight is 381 g/mol. The van der Waals surface area contributed by atoms with E-state index >= 15 is 0 Å². The molecular weight excluding hydrogens is 360 g/mol. The third kappa shape index (κ3) is 1.58. The second-order valence-corrected chi connectivity index (χ2v) is 7.44. The molecule has 2 fully saturated rings. The number of ether oxygens (including phenoxy) is 2. The number of carbonyl (C=O) groups excluding carboxylic acids is 1. The third-order valence-electron chi connectivity index (χ3n) is 6.73. The Kier molecular flexibility index (Phi) is 3.46. The molecule has 1 N–H and O–H groups in total. The van der Waals surface area contributed by atoms with Crippen LogP contribution in [0.15, 0.2) is 12.1 Å². The Morgan fingerprint density at radius 1 is 1.38 bits per heavy atom. The second-order valence-electron chi connectivity index (χ2n) is 7.44. The molecule has 2 bridgehead atoms. The zero-order valence-corrected chi connectivity index (χ0v) is 17.1. The molecule has 5 rings (SSSR count). The van der Waals surface area contributed by atoms with Crippen LogP contribution in [0.5, 0.6) is 11.5 Å². The van der Waals surface area contributed by atoms with Crippen molar-refractivity contribution in [3.63, 3.8) is 0 Å². The van der Waals surface area contributed by atoms with Crippen molar-refractivity contribution in [2.75, 3.05) is 20.7 Å². The minimum absolute atomic E-state index is 0. The van der Waals surface area contributed by atoms with Crippen molar-refractivity contribution < 1.29 is 38.9 Å². The van der Waals surface area contributed by atoms with Gasteiger partial charge in [0.05, 0.1) is 18.1 Å². The second kappa shape index (κ2) is 5.03. The number of rotatable bonds is 1. The van der Waals surface area contributed by atoms with Crippen molar-refractivity contribution in [3.05, 3.63) is 23.3 Å². The predicted molar refractivity (Wildman–Crippen MR) is 83.0 cm³/mol. The molecule has 2 aliphatic carbocycles. The Morgan fingerprint density at radius 3 is 2.92 bits per heavy atom. The molecule has 0 aromatic heterocycles. The van der Waals surface area contributed by atoms with Gasteiger partial charge in [-0.25, -0.2) is 0 Å². The maximum Gasteiger partial charge on any atom is 0.174 e. The molecule has 2 aliphatic heterocycles. The number of hydrogen-bond donors (Lipinski definition) is 1. The standard InChI is InChI=1S/C18H21NO4.Zn/c1-19-8-7-17-14-10-3-4-12(22-2)15(14)23-16(17)11(20)5-6-18(17,21)13(19)9-10;/h3-4,13,16,21H,5-9H2,1-2H3;/t13-,16+,17+,18-;/m1./s1. The number of likely N-dealkylation sites (tertiary alicyclic amines) is 1. The van der Waals surface area contributed by atoms with E-state index < -0.39 is 17.1 Å². The van der Waals surface area contributed by atoms with Gasteiger partial charge in [0.25, 0.3) is 0 Å². The van der Waals surface area contributed by atoms with E-state index in [1.54, 1.807) is 7.11 Å². The minimum Gasteiger partial charge on any atom is -0.493 e. The van der Waals surface area contributed by atoms with E-state index in [0.717, 1.165) is 24.9 Å². The van der Waals surface area contributed by atoms with Crippen molar-refractivity contribution in [2.45, 2.75) is 48.8 Å². The van der Waals surface area contributed by atoms with Gasteiger partial charge < -0.3 is 19.5 Å². The van der Waals surface area contributed by atoms with Crippen molar-refractivity contribution in [3.8, 4) is 11.5 Å². The molecule has 0 radical (unpaired) electrons. The smallest absolute Gasteiger partial charge is 0.174 e. The van der Waals surface area contributed by atoms with E-state index in [9.17, 15) is 9.90 Å². The van der Waals surface area contributed by atoms with Crippen LogP contribution >= 0.6 is 0 Å². The Bertz CT molecular complexity index is 738. The molecule has 1 spiro atoms. The molecule has 4 atom stereocenters. The number of likely N-dealkylation sites (N-methyl/N-ethyl adjacent to an activating group) is 1. The summed E-state index contributed by atoms with van der Waals surface area (Å²) in [6.07, 6.45) is 1.89. The fraction of sp³-hybridized carbons (Fsp3) is 0.611. The summed E-state index contributed by atoms with van der Waals surface area (Å²) in [7, 11) is 3.70. The molecular formula is C18H21NO4Zn. The Morgan fingerprint density at radius 2 is 2.17 bits per heavy atom. The van der Waals surface area contributed by atoms with E-state index in [0.29, 0.717) is 24.3 Å². The number of nitrogens with zero attached hydrogens (tertiary/aromatic N) is 1. The van der Waals surface area contributed by atoms with Gasteiger partial charge in [0, 0.05) is 37.5 Å². The molecule has 5 nitrogen and oxygen atoms in total. The van der Waals surface area contributed by atoms with Crippen LogP contribution in [0.2, 0.25) is 0 Å². The zero-order valence-electron chi connectivity index (χ0n) is 14.2. The first-order valence-electron chi connectivity index (χ1n) is 8.35. The molecule has 1 aromatic carbocycles. The van der Waals surface area contributed by atoms with Crippen molar-refractivity contribution in [2.24, 2.45) is 0 Å². The van der Waals surface area contributed by atoms with Gasteiger partial charge in [-0.1, -0.05) is 6.07 Å². The van der Waals surface area contributed by atoms with Crippen molar-refractivity contribution in [1.29, 1.82) is 0 Å². The van der Waals surface area contributed by atoms with Gasteiger partial charge in [0.2, 0.25) is 0 Å². The topological polar surface area (TPSA) is 59.0 Å². The molecule has 24 heavy (non-hydrogen) atoms. The van der Waals surface area contributed by atoms with Crippen LogP contribution in [0.3, 0.4) is 0 Å². The average Bonchev–Trinajstić information content (AvgIpc) is 2.90. The number of carbonyl (C=O) groups is 1. The van der Waals surface area contributed by atoms with Crippen LogP contribution in [-0.4, -0.2) is 54.2 Å². The molecule has 6 heteroatoms. The van der Waals surface area contributed by atoms with Crippen molar-refractivity contribution in [1.82, 2.24) is 4.90 Å². The van der Waals surface area contributed by atoms with Gasteiger partial charge in [-0.3, -0.25) is 4.79 Å². The Hall–Kier alpha value is -0.967. The predicted octanol–water partition coefficient (Wildman–Crippen LogP) is 1.05. The van der Waals surface area contributed by atoms with E-state index in [4.69, 9.17) is 9.47 Å². The van der Waals surface area contributed by atoms with Crippen molar-refractivity contribution >= 4 is 5.78 Å². The number of piperidine rings is 1. The normalized spacial score (nSPS) is 38.9. The third-order valence-corrected chi connectivity index (χ3v) is 6.73. The van der Waals surface area contributed by atoms with E-state index in [1.165, 1.54) is 5.56 Å².